The van der Waals surface area contributed by atoms with Gasteiger partial charge in [-0.25, -0.2) is 19.8 Å². The van der Waals surface area contributed by atoms with Crippen LogP contribution in [0, 0.1) is 11.2 Å². The number of ether oxygens (including phenoxy) is 1. The van der Waals surface area contributed by atoms with Crippen LogP contribution in [0.1, 0.15) is 20.3 Å². The number of hydrogen-bond acceptors (Lipinski definition) is 6. The minimum absolute atomic E-state index is 0.129. The van der Waals surface area contributed by atoms with Crippen LogP contribution < -0.4 is 15.8 Å². The molecule has 0 aliphatic heterocycles. The van der Waals surface area contributed by atoms with E-state index in [1.54, 1.807) is 56.0 Å². The summed E-state index contributed by atoms with van der Waals surface area (Å²) in [5.41, 5.74) is 1.76. The highest BCUT2D eigenvalue weighted by Gasteiger charge is 2.27. The summed E-state index contributed by atoms with van der Waals surface area (Å²) in [6, 6.07) is 8.11. The van der Waals surface area contributed by atoms with Crippen LogP contribution >= 0.6 is 0 Å². The minimum atomic E-state index is -0.914. The van der Waals surface area contributed by atoms with E-state index in [1.165, 1.54) is 17.7 Å². The lowest BCUT2D eigenvalue weighted by Crippen LogP contribution is -2.36. The number of amides is 1. The van der Waals surface area contributed by atoms with E-state index in [0.717, 1.165) is 11.8 Å². The Kier molecular flexibility index (Phi) is 6.45. The predicted octanol–water partition coefficient (Wildman–Crippen LogP) is 3.04. The topological polar surface area (TPSA) is 106 Å². The number of carbonyl (C=O) groups excluding carboxylic acids is 1. The summed E-state index contributed by atoms with van der Waals surface area (Å²) in [5.74, 6) is -0.0859. The van der Waals surface area contributed by atoms with E-state index < -0.39 is 17.1 Å². The number of hydroxylamine groups is 1. The largest absolute Gasteiger partial charge is 0.494 e. The van der Waals surface area contributed by atoms with Crippen molar-refractivity contribution in [3.05, 3.63) is 65.1 Å². The molecule has 2 aromatic heterocycles. The lowest BCUT2D eigenvalue weighted by Gasteiger charge is -2.22. The molecule has 8 nitrogen and oxygen atoms in total. The zero-order chi connectivity index (χ0) is 22.6. The molecule has 2 heterocycles. The standard InChI is InChI=1S/C22H23FN4O4/c1-22(2,21(29)26-30)8-9-27-13-18(23)17(10-19(27)28)14-4-6-15(7-5-14)20-24-11-16(31-3)12-25-20/h4-7,10-13,30H,8-9H2,1-3H3,(H,26,29). The Morgan fingerprint density at radius 3 is 2.39 bits per heavy atom. The summed E-state index contributed by atoms with van der Waals surface area (Å²) in [6.45, 7) is 3.38. The van der Waals surface area contributed by atoms with Gasteiger partial charge >= 0.3 is 0 Å². The monoisotopic (exact) mass is 426 g/mol. The summed E-state index contributed by atoms with van der Waals surface area (Å²) in [4.78, 5) is 32.6. The zero-order valence-electron chi connectivity index (χ0n) is 17.4. The molecular formula is C22H23FN4O4. The van der Waals surface area contributed by atoms with Crippen LogP contribution in [-0.2, 0) is 11.3 Å². The molecule has 1 amide bonds. The Morgan fingerprint density at radius 2 is 1.81 bits per heavy atom. The van der Waals surface area contributed by atoms with Crippen molar-refractivity contribution in [1.29, 1.82) is 0 Å². The van der Waals surface area contributed by atoms with Gasteiger partial charge in [-0.1, -0.05) is 38.1 Å². The Morgan fingerprint density at radius 1 is 1.19 bits per heavy atom. The maximum Gasteiger partial charge on any atom is 0.251 e. The van der Waals surface area contributed by atoms with Crippen molar-refractivity contribution in [1.82, 2.24) is 20.0 Å². The second kappa shape index (κ2) is 9.05. The molecule has 0 atom stereocenters. The van der Waals surface area contributed by atoms with Gasteiger partial charge in [-0.05, 0) is 12.0 Å². The quantitative estimate of drug-likeness (QED) is 0.444. The van der Waals surface area contributed by atoms with Gasteiger partial charge in [-0.3, -0.25) is 14.8 Å². The van der Waals surface area contributed by atoms with Gasteiger partial charge in [-0.2, -0.15) is 0 Å². The Hall–Kier alpha value is -3.59. The number of aromatic nitrogens is 3. The van der Waals surface area contributed by atoms with Crippen LogP contribution in [0.5, 0.6) is 5.75 Å². The fourth-order valence-electron chi connectivity index (χ4n) is 2.98. The van der Waals surface area contributed by atoms with Crippen LogP contribution in [0.4, 0.5) is 4.39 Å². The highest BCUT2D eigenvalue weighted by molar-refractivity contribution is 5.80. The number of halogens is 1. The number of benzene rings is 1. The number of rotatable bonds is 7. The van der Waals surface area contributed by atoms with Gasteiger partial charge in [0.05, 0.1) is 19.5 Å². The first-order chi connectivity index (χ1) is 14.7. The van der Waals surface area contributed by atoms with Crippen LogP contribution in [0.3, 0.4) is 0 Å². The molecule has 2 N–H and O–H groups in total. The van der Waals surface area contributed by atoms with E-state index >= 15 is 0 Å². The van der Waals surface area contributed by atoms with Crippen LogP contribution in [0.15, 0.2) is 53.7 Å². The summed E-state index contributed by atoms with van der Waals surface area (Å²) in [6.07, 6.45) is 4.49. The fraction of sp³-hybridized carbons (Fsp3) is 0.273. The molecule has 3 aromatic rings. The van der Waals surface area contributed by atoms with Crippen LogP contribution in [0.2, 0.25) is 0 Å². The van der Waals surface area contributed by atoms with Gasteiger partial charge in [0.2, 0.25) is 5.91 Å². The third kappa shape index (κ3) is 4.95. The lowest BCUT2D eigenvalue weighted by atomic mass is 9.88. The zero-order valence-corrected chi connectivity index (χ0v) is 17.4. The van der Waals surface area contributed by atoms with Gasteiger partial charge in [-0.15, -0.1) is 0 Å². The van der Waals surface area contributed by atoms with Gasteiger partial charge in [0, 0.05) is 35.3 Å². The maximum atomic E-state index is 14.7. The van der Waals surface area contributed by atoms with Crippen molar-refractivity contribution in [2.45, 2.75) is 26.8 Å². The summed E-state index contributed by atoms with van der Waals surface area (Å²) in [7, 11) is 1.53. The van der Waals surface area contributed by atoms with Crippen molar-refractivity contribution in [3.8, 4) is 28.3 Å². The predicted molar refractivity (Wildman–Crippen MR) is 112 cm³/mol. The van der Waals surface area contributed by atoms with E-state index in [9.17, 15) is 14.0 Å². The molecule has 3 rings (SSSR count). The van der Waals surface area contributed by atoms with E-state index in [0.29, 0.717) is 17.1 Å². The van der Waals surface area contributed by atoms with E-state index in [4.69, 9.17) is 9.94 Å². The molecule has 0 spiro atoms. The molecule has 31 heavy (non-hydrogen) atoms. The maximum absolute atomic E-state index is 14.7. The number of methoxy groups -OCH3 is 1. The summed E-state index contributed by atoms with van der Waals surface area (Å²) in [5, 5.41) is 8.80. The molecular weight excluding hydrogens is 403 g/mol. The highest BCUT2D eigenvalue weighted by Crippen LogP contribution is 2.25. The molecule has 0 radical (unpaired) electrons. The molecule has 1 aromatic carbocycles. The Labute approximate surface area is 178 Å². The van der Waals surface area contributed by atoms with Gasteiger partial charge in [0.15, 0.2) is 11.6 Å². The molecule has 0 fully saturated rings. The number of carbonyl (C=O) groups is 1. The number of nitrogens with zero attached hydrogens (tertiary/aromatic N) is 3. The Balaban J connectivity index is 1.81. The number of hydrogen-bond donors (Lipinski definition) is 2. The summed E-state index contributed by atoms with van der Waals surface area (Å²) < 4.78 is 21.0. The molecule has 0 aliphatic rings. The molecule has 0 unspecified atom stereocenters. The SMILES string of the molecule is COc1cnc(-c2ccc(-c3cc(=O)n(CCC(C)(C)C(=O)NO)cc3F)cc2)nc1. The number of nitrogens with one attached hydrogen (secondary N) is 1. The number of aryl methyl sites for hydroxylation is 1. The third-order valence-corrected chi connectivity index (χ3v) is 5.09. The molecule has 0 aliphatic carbocycles. The fourth-order valence-corrected chi connectivity index (χ4v) is 2.98. The first-order valence-corrected chi connectivity index (χ1v) is 9.56. The summed E-state index contributed by atoms with van der Waals surface area (Å²) >= 11 is 0. The molecule has 0 saturated carbocycles. The molecule has 162 valence electrons. The lowest BCUT2D eigenvalue weighted by molar-refractivity contribution is -0.138. The van der Waals surface area contributed by atoms with Crippen molar-refractivity contribution in [2.75, 3.05) is 7.11 Å². The average molecular weight is 426 g/mol. The minimum Gasteiger partial charge on any atom is -0.494 e. The second-order valence-electron chi connectivity index (χ2n) is 7.67. The Bertz CT molecular complexity index is 1130. The van der Waals surface area contributed by atoms with E-state index in [1.807, 2.05) is 0 Å². The van der Waals surface area contributed by atoms with Crippen LogP contribution in [-0.4, -0.2) is 32.8 Å². The smallest absolute Gasteiger partial charge is 0.251 e. The van der Waals surface area contributed by atoms with Crippen molar-refractivity contribution in [2.24, 2.45) is 5.41 Å². The normalized spacial score (nSPS) is 11.3. The molecule has 9 heteroatoms. The van der Waals surface area contributed by atoms with Crippen molar-refractivity contribution in [3.63, 3.8) is 0 Å². The first kappa shape index (κ1) is 22.1. The van der Waals surface area contributed by atoms with Crippen molar-refractivity contribution >= 4 is 5.91 Å². The molecule has 0 saturated heterocycles. The first-order valence-electron chi connectivity index (χ1n) is 9.56. The van der Waals surface area contributed by atoms with Gasteiger partial charge in [0.25, 0.3) is 5.56 Å². The highest BCUT2D eigenvalue weighted by atomic mass is 19.1. The van der Waals surface area contributed by atoms with Crippen molar-refractivity contribution < 1.29 is 19.1 Å². The average Bonchev–Trinajstić information content (AvgIpc) is 2.79. The second-order valence-corrected chi connectivity index (χ2v) is 7.67. The van der Waals surface area contributed by atoms with Crippen LogP contribution in [0.25, 0.3) is 22.5 Å². The van der Waals surface area contributed by atoms with E-state index in [2.05, 4.69) is 9.97 Å². The number of pyridine rings is 1. The third-order valence-electron chi connectivity index (χ3n) is 5.09. The molecule has 0 bridgehead atoms. The van der Waals surface area contributed by atoms with E-state index in [-0.39, 0.29) is 24.1 Å². The van der Waals surface area contributed by atoms with Gasteiger partial charge < -0.3 is 9.30 Å². The van der Waals surface area contributed by atoms with Gasteiger partial charge in [0.1, 0.15) is 5.82 Å².